The fourth-order valence-corrected chi connectivity index (χ4v) is 5.36. The van der Waals surface area contributed by atoms with E-state index in [4.69, 9.17) is 0 Å². The Morgan fingerprint density at radius 2 is 2.00 bits per heavy atom. The Kier molecular flexibility index (Phi) is 8.59. The van der Waals surface area contributed by atoms with Crippen LogP contribution in [0.2, 0.25) is 0 Å². The van der Waals surface area contributed by atoms with Gasteiger partial charge in [0.05, 0.1) is 18.0 Å². The molecule has 1 fully saturated rings. The number of carbonyl (C=O) groups excluding carboxylic acids is 2. The van der Waals surface area contributed by atoms with E-state index in [0.29, 0.717) is 55.5 Å². The maximum Gasteiger partial charge on any atom is 0.242 e. The zero-order valence-corrected chi connectivity index (χ0v) is 21.5. The predicted octanol–water partition coefficient (Wildman–Crippen LogP) is 3.40. The summed E-state index contributed by atoms with van der Waals surface area (Å²) < 4.78 is 29.5. The zero-order chi connectivity index (χ0) is 26.6. The summed E-state index contributed by atoms with van der Waals surface area (Å²) in [6, 6.07) is 1.13. The van der Waals surface area contributed by atoms with Gasteiger partial charge in [0.2, 0.25) is 11.8 Å². The van der Waals surface area contributed by atoms with Crippen molar-refractivity contribution in [2.45, 2.75) is 95.4 Å². The molecule has 0 radical (unpaired) electrons. The van der Waals surface area contributed by atoms with Gasteiger partial charge < -0.3 is 25.6 Å². The van der Waals surface area contributed by atoms with Crippen LogP contribution in [0.3, 0.4) is 0 Å². The number of benzene rings is 1. The molecule has 1 saturated carbocycles. The van der Waals surface area contributed by atoms with Crippen LogP contribution in [0.25, 0.3) is 0 Å². The van der Waals surface area contributed by atoms with Gasteiger partial charge in [0.25, 0.3) is 0 Å². The average Bonchev–Trinajstić information content (AvgIpc) is 3.51. The minimum absolute atomic E-state index is 0.106. The summed E-state index contributed by atoms with van der Waals surface area (Å²) in [5.41, 5.74) is 0.368. The fourth-order valence-electron chi connectivity index (χ4n) is 5.36. The lowest BCUT2D eigenvalue weighted by atomic mass is 9.87. The van der Waals surface area contributed by atoms with Gasteiger partial charge in [-0.25, -0.2) is 13.8 Å². The molecule has 2 amide bonds. The molecule has 37 heavy (non-hydrogen) atoms. The molecule has 2 aromatic rings. The Hall–Kier alpha value is -2.85. The van der Waals surface area contributed by atoms with E-state index in [0.717, 1.165) is 25.3 Å². The number of nitrogens with zero attached hydrogens (tertiary/aromatic N) is 2. The van der Waals surface area contributed by atoms with Crippen molar-refractivity contribution in [3.63, 3.8) is 0 Å². The molecule has 2 aliphatic carbocycles. The molecule has 8 nitrogen and oxygen atoms in total. The van der Waals surface area contributed by atoms with Crippen LogP contribution in [0.4, 0.5) is 14.6 Å². The fraction of sp³-hybridized carbons (Fsp3) is 0.593. The van der Waals surface area contributed by atoms with Gasteiger partial charge in [-0.2, -0.15) is 0 Å². The zero-order valence-electron chi connectivity index (χ0n) is 21.5. The molecule has 0 spiro atoms. The number of aliphatic hydroxyl groups is 1. The summed E-state index contributed by atoms with van der Waals surface area (Å²) in [6.07, 6.45) is 9.39. The van der Waals surface area contributed by atoms with E-state index in [2.05, 4.69) is 20.9 Å². The van der Waals surface area contributed by atoms with Crippen LogP contribution in [-0.4, -0.2) is 50.7 Å². The van der Waals surface area contributed by atoms with Crippen LogP contribution in [0, 0.1) is 11.6 Å². The van der Waals surface area contributed by atoms with Crippen molar-refractivity contribution in [2.24, 2.45) is 0 Å². The Morgan fingerprint density at radius 1 is 1.24 bits per heavy atom. The van der Waals surface area contributed by atoms with Crippen molar-refractivity contribution >= 4 is 17.6 Å². The monoisotopic (exact) mass is 517 g/mol. The minimum atomic E-state index is -0.826. The molecule has 1 heterocycles. The predicted molar refractivity (Wildman–Crippen MR) is 136 cm³/mol. The van der Waals surface area contributed by atoms with Crippen molar-refractivity contribution in [1.82, 2.24) is 20.2 Å². The molecule has 10 heteroatoms. The lowest BCUT2D eigenvalue weighted by molar-refractivity contribution is -0.125. The Bertz CT molecular complexity index is 1120. The molecule has 1 unspecified atom stereocenters. The molecular formula is C27H37F2N5O3. The van der Waals surface area contributed by atoms with Gasteiger partial charge in [-0.3, -0.25) is 9.59 Å². The second kappa shape index (κ2) is 11.7. The first-order chi connectivity index (χ1) is 17.7. The topological polar surface area (TPSA) is 108 Å². The first kappa shape index (κ1) is 27.2. The number of anilines is 1. The summed E-state index contributed by atoms with van der Waals surface area (Å²) in [5.74, 6) is -1.26. The van der Waals surface area contributed by atoms with Crippen molar-refractivity contribution < 1.29 is 23.5 Å². The number of fused-ring (bicyclic) bond motifs is 1. The van der Waals surface area contributed by atoms with Crippen molar-refractivity contribution in [3.8, 4) is 0 Å². The van der Waals surface area contributed by atoms with Gasteiger partial charge in [0, 0.05) is 24.8 Å². The normalized spacial score (nSPS) is 20.2. The molecule has 1 aromatic carbocycles. The first-order valence-electron chi connectivity index (χ1n) is 13.2. The summed E-state index contributed by atoms with van der Waals surface area (Å²) in [4.78, 5) is 29.9. The molecular weight excluding hydrogens is 480 g/mol. The molecule has 2 aliphatic rings. The van der Waals surface area contributed by atoms with Crippen LogP contribution in [0.15, 0.2) is 24.7 Å². The van der Waals surface area contributed by atoms with Gasteiger partial charge in [-0.1, -0.05) is 26.2 Å². The second-order valence-corrected chi connectivity index (χ2v) is 10.5. The number of nitrogens with one attached hydrogen (secondary N) is 3. The SMILES string of the molecule is CCC[C@H](N[C@H]1CCc2cc(F)cc(F)c2C1)C(=O)Nc1cn(C(C)C(=O)NCC2(O)CCCC2)cn1. The minimum Gasteiger partial charge on any atom is -0.388 e. The van der Waals surface area contributed by atoms with Gasteiger partial charge in [0.15, 0.2) is 5.82 Å². The largest absolute Gasteiger partial charge is 0.388 e. The summed E-state index contributed by atoms with van der Waals surface area (Å²) in [5, 5.41) is 19.5. The van der Waals surface area contributed by atoms with E-state index < -0.39 is 29.3 Å². The molecule has 4 N–H and O–H groups in total. The second-order valence-electron chi connectivity index (χ2n) is 10.5. The molecule has 0 bridgehead atoms. The van der Waals surface area contributed by atoms with Gasteiger partial charge >= 0.3 is 0 Å². The lowest BCUT2D eigenvalue weighted by Crippen LogP contribution is -2.48. The summed E-state index contributed by atoms with van der Waals surface area (Å²) in [7, 11) is 0. The number of aryl methyl sites for hydroxylation is 1. The molecule has 0 saturated heterocycles. The highest BCUT2D eigenvalue weighted by atomic mass is 19.1. The quantitative estimate of drug-likeness (QED) is 0.386. The van der Waals surface area contributed by atoms with Crippen LogP contribution in [0.5, 0.6) is 0 Å². The number of imidazole rings is 1. The van der Waals surface area contributed by atoms with Crippen LogP contribution >= 0.6 is 0 Å². The van der Waals surface area contributed by atoms with Crippen molar-refractivity contribution in [3.05, 3.63) is 47.4 Å². The van der Waals surface area contributed by atoms with E-state index in [-0.39, 0.29) is 24.4 Å². The molecule has 4 rings (SSSR count). The van der Waals surface area contributed by atoms with E-state index in [1.807, 2.05) is 6.92 Å². The maximum absolute atomic E-state index is 14.3. The molecule has 1 aromatic heterocycles. The Morgan fingerprint density at radius 3 is 2.73 bits per heavy atom. The number of hydrogen-bond acceptors (Lipinski definition) is 5. The summed E-state index contributed by atoms with van der Waals surface area (Å²) >= 11 is 0. The van der Waals surface area contributed by atoms with E-state index >= 15 is 0 Å². The highest BCUT2D eigenvalue weighted by Gasteiger charge is 2.32. The smallest absolute Gasteiger partial charge is 0.242 e. The van der Waals surface area contributed by atoms with Gasteiger partial charge in [0.1, 0.15) is 17.7 Å². The third-order valence-electron chi connectivity index (χ3n) is 7.60. The van der Waals surface area contributed by atoms with Crippen molar-refractivity contribution in [2.75, 3.05) is 11.9 Å². The van der Waals surface area contributed by atoms with Crippen molar-refractivity contribution in [1.29, 1.82) is 0 Å². The highest BCUT2D eigenvalue weighted by molar-refractivity contribution is 5.94. The standard InChI is InChI=1S/C27H37F2N5O3/c1-3-6-23(32-20-8-7-18-11-19(28)12-22(29)21(18)13-20)26(36)33-24-14-34(16-31-24)17(2)25(35)30-15-27(37)9-4-5-10-27/h11-12,14,16-17,20,23,32,37H,3-10,13,15H2,1-2H3,(H,30,35)(H,33,36)/t17?,20-,23-/m0/s1. The van der Waals surface area contributed by atoms with E-state index in [1.165, 1.54) is 12.4 Å². The Balaban J connectivity index is 1.33. The average molecular weight is 518 g/mol. The lowest BCUT2D eigenvalue weighted by Gasteiger charge is -2.29. The number of rotatable bonds is 10. The summed E-state index contributed by atoms with van der Waals surface area (Å²) in [6.45, 7) is 3.94. The van der Waals surface area contributed by atoms with E-state index in [9.17, 15) is 23.5 Å². The van der Waals surface area contributed by atoms with Crippen LogP contribution in [-0.2, 0) is 22.4 Å². The third-order valence-corrected chi connectivity index (χ3v) is 7.60. The maximum atomic E-state index is 14.3. The number of carbonyl (C=O) groups is 2. The molecule has 0 aliphatic heterocycles. The van der Waals surface area contributed by atoms with E-state index in [1.54, 1.807) is 17.7 Å². The third kappa shape index (κ3) is 6.73. The highest BCUT2D eigenvalue weighted by Crippen LogP contribution is 2.29. The number of hydrogen-bond donors (Lipinski definition) is 4. The Labute approximate surface area is 216 Å². The number of amides is 2. The van der Waals surface area contributed by atoms with Gasteiger partial charge in [-0.05, 0) is 62.6 Å². The first-order valence-corrected chi connectivity index (χ1v) is 13.2. The molecule has 3 atom stereocenters. The van der Waals surface area contributed by atoms with Crippen LogP contribution in [0.1, 0.15) is 76.0 Å². The van der Waals surface area contributed by atoms with Gasteiger partial charge in [-0.15, -0.1) is 0 Å². The number of aromatic nitrogens is 2. The number of halogens is 2. The molecule has 202 valence electrons. The van der Waals surface area contributed by atoms with Crippen LogP contribution < -0.4 is 16.0 Å².